The van der Waals surface area contributed by atoms with Gasteiger partial charge in [-0.2, -0.15) is 0 Å². The van der Waals surface area contributed by atoms with E-state index in [1.165, 1.54) is 0 Å². The number of hydrogen-bond donors (Lipinski definition) is 2. The summed E-state index contributed by atoms with van der Waals surface area (Å²) in [5.74, 6) is -0.962. The molecule has 1 atom stereocenters. The topological polar surface area (TPSA) is 49.3 Å². The summed E-state index contributed by atoms with van der Waals surface area (Å²) in [6.45, 7) is 1.62. The van der Waals surface area contributed by atoms with Crippen LogP contribution in [0.2, 0.25) is 5.02 Å². The van der Waals surface area contributed by atoms with E-state index < -0.39 is 11.5 Å². The molecule has 0 saturated carbocycles. The molecule has 0 spiro atoms. The molecule has 0 aromatic heterocycles. The Kier molecular flexibility index (Phi) is 4.35. The maximum atomic E-state index is 11.7. The second kappa shape index (κ2) is 5.85. The maximum Gasteiger partial charge on any atom is 0.333 e. The predicted molar refractivity (Wildman–Crippen MR) is 84.2 cm³/mol. The molecule has 2 aromatic carbocycles. The van der Waals surface area contributed by atoms with Crippen LogP contribution in [0.4, 0.5) is 5.69 Å². The smallest absolute Gasteiger partial charge is 0.333 e. The van der Waals surface area contributed by atoms with Crippen molar-refractivity contribution in [1.82, 2.24) is 0 Å². The van der Waals surface area contributed by atoms with E-state index in [4.69, 9.17) is 11.6 Å². The van der Waals surface area contributed by atoms with Crippen LogP contribution < -0.4 is 5.32 Å². The third-order valence-electron chi connectivity index (χ3n) is 3.11. The lowest BCUT2D eigenvalue weighted by Crippen LogP contribution is -2.40. The number of carbonyl (C=O) groups is 1. The van der Waals surface area contributed by atoms with Crippen LogP contribution in [-0.2, 0) is 10.3 Å². The van der Waals surface area contributed by atoms with Gasteiger partial charge in [0.1, 0.15) is 0 Å². The van der Waals surface area contributed by atoms with Crippen LogP contribution >= 0.6 is 27.5 Å². The standard InChI is InChI=1S/C15H13BrClNO2/c1-15(14(19)20,10-6-8-11(17)9-7-10)18-13-5-3-2-4-12(13)16/h2-9,18H,1H3,(H,19,20). The molecule has 0 bridgehead atoms. The number of benzene rings is 2. The maximum absolute atomic E-state index is 11.7. The van der Waals surface area contributed by atoms with Crippen molar-refractivity contribution in [3.8, 4) is 0 Å². The van der Waals surface area contributed by atoms with Gasteiger partial charge >= 0.3 is 5.97 Å². The van der Waals surface area contributed by atoms with E-state index in [1.54, 1.807) is 31.2 Å². The molecule has 0 fully saturated rings. The van der Waals surface area contributed by atoms with E-state index in [0.717, 1.165) is 4.47 Å². The molecule has 2 aromatic rings. The zero-order chi connectivity index (χ0) is 14.8. The molecule has 104 valence electrons. The van der Waals surface area contributed by atoms with E-state index in [2.05, 4.69) is 21.2 Å². The number of carboxylic acid groups (broad SMARTS) is 1. The largest absolute Gasteiger partial charge is 0.479 e. The van der Waals surface area contributed by atoms with Crippen LogP contribution in [-0.4, -0.2) is 11.1 Å². The van der Waals surface area contributed by atoms with Gasteiger partial charge in [0.25, 0.3) is 0 Å². The Bertz CT molecular complexity index is 630. The van der Waals surface area contributed by atoms with E-state index in [0.29, 0.717) is 16.3 Å². The van der Waals surface area contributed by atoms with Crippen LogP contribution in [0.1, 0.15) is 12.5 Å². The van der Waals surface area contributed by atoms with Gasteiger partial charge in [0.05, 0.1) is 0 Å². The predicted octanol–water partition coefficient (Wildman–Crippen LogP) is 4.51. The Morgan fingerprint density at radius 1 is 1.20 bits per heavy atom. The van der Waals surface area contributed by atoms with Crippen LogP contribution in [0.3, 0.4) is 0 Å². The van der Waals surface area contributed by atoms with Gasteiger partial charge in [-0.15, -0.1) is 0 Å². The first-order valence-corrected chi connectivity index (χ1v) is 7.13. The summed E-state index contributed by atoms with van der Waals surface area (Å²) in [6, 6.07) is 14.2. The summed E-state index contributed by atoms with van der Waals surface area (Å²) in [6.07, 6.45) is 0. The molecular weight excluding hydrogens is 342 g/mol. The van der Waals surface area contributed by atoms with Crippen LogP contribution in [0.15, 0.2) is 53.0 Å². The van der Waals surface area contributed by atoms with Crippen LogP contribution in [0, 0.1) is 0 Å². The highest BCUT2D eigenvalue weighted by molar-refractivity contribution is 9.10. The minimum absolute atomic E-state index is 0.572. The first-order valence-electron chi connectivity index (χ1n) is 5.95. The second-order valence-electron chi connectivity index (χ2n) is 4.54. The fraction of sp³-hybridized carbons (Fsp3) is 0.133. The van der Waals surface area contributed by atoms with E-state index in [9.17, 15) is 9.90 Å². The quantitative estimate of drug-likeness (QED) is 0.849. The molecule has 0 amide bonds. The van der Waals surface area contributed by atoms with Gasteiger partial charge in [0.2, 0.25) is 0 Å². The minimum Gasteiger partial charge on any atom is -0.479 e. The van der Waals surface area contributed by atoms with E-state index in [-0.39, 0.29) is 0 Å². The summed E-state index contributed by atoms with van der Waals surface area (Å²) in [5.41, 5.74) is 0.103. The van der Waals surface area contributed by atoms with Crippen molar-refractivity contribution in [1.29, 1.82) is 0 Å². The molecule has 5 heteroatoms. The van der Waals surface area contributed by atoms with Crippen molar-refractivity contribution in [2.24, 2.45) is 0 Å². The van der Waals surface area contributed by atoms with Gasteiger partial charge in [-0.05, 0) is 52.7 Å². The molecule has 1 unspecified atom stereocenters. The highest BCUT2D eigenvalue weighted by Gasteiger charge is 2.35. The Labute approximate surface area is 130 Å². The monoisotopic (exact) mass is 353 g/mol. The average Bonchev–Trinajstić information content (AvgIpc) is 2.42. The summed E-state index contributed by atoms with van der Waals surface area (Å²) >= 11 is 9.26. The number of anilines is 1. The number of nitrogens with one attached hydrogen (secondary N) is 1. The average molecular weight is 355 g/mol. The SMILES string of the molecule is CC(Nc1ccccc1Br)(C(=O)O)c1ccc(Cl)cc1. The lowest BCUT2D eigenvalue weighted by Gasteiger charge is -2.28. The molecule has 0 aliphatic carbocycles. The first kappa shape index (κ1) is 14.9. The number of carboxylic acids is 1. The van der Waals surface area contributed by atoms with E-state index >= 15 is 0 Å². The van der Waals surface area contributed by atoms with Gasteiger partial charge < -0.3 is 10.4 Å². The summed E-state index contributed by atoms with van der Waals surface area (Å²) in [4.78, 5) is 11.7. The molecular formula is C15H13BrClNO2. The highest BCUT2D eigenvalue weighted by Crippen LogP contribution is 2.31. The van der Waals surface area contributed by atoms with Gasteiger partial charge in [-0.1, -0.05) is 35.9 Å². The normalized spacial score (nSPS) is 13.6. The molecule has 20 heavy (non-hydrogen) atoms. The minimum atomic E-state index is -1.24. The molecule has 2 N–H and O–H groups in total. The Balaban J connectivity index is 2.43. The van der Waals surface area contributed by atoms with Crippen molar-refractivity contribution in [2.75, 3.05) is 5.32 Å². The molecule has 0 aliphatic heterocycles. The van der Waals surface area contributed by atoms with Crippen molar-refractivity contribution >= 4 is 39.2 Å². The molecule has 0 heterocycles. The van der Waals surface area contributed by atoms with Crippen molar-refractivity contribution in [3.63, 3.8) is 0 Å². The number of rotatable bonds is 4. The van der Waals surface area contributed by atoms with Crippen LogP contribution in [0.5, 0.6) is 0 Å². The summed E-state index contributed by atoms with van der Waals surface area (Å²) < 4.78 is 0.807. The molecule has 2 rings (SSSR count). The lowest BCUT2D eigenvalue weighted by atomic mass is 9.91. The number of hydrogen-bond acceptors (Lipinski definition) is 2. The van der Waals surface area contributed by atoms with Crippen molar-refractivity contribution in [2.45, 2.75) is 12.5 Å². The molecule has 3 nitrogen and oxygen atoms in total. The summed E-state index contributed by atoms with van der Waals surface area (Å²) in [7, 11) is 0. The first-order chi connectivity index (χ1) is 9.43. The number of aliphatic carboxylic acids is 1. The zero-order valence-corrected chi connectivity index (χ0v) is 13.1. The van der Waals surface area contributed by atoms with Gasteiger partial charge in [-0.25, -0.2) is 4.79 Å². The highest BCUT2D eigenvalue weighted by atomic mass is 79.9. The number of para-hydroxylation sites is 1. The third-order valence-corrected chi connectivity index (χ3v) is 4.05. The van der Waals surface area contributed by atoms with Gasteiger partial charge in [0, 0.05) is 15.2 Å². The molecule has 0 saturated heterocycles. The lowest BCUT2D eigenvalue weighted by molar-refractivity contribution is -0.142. The van der Waals surface area contributed by atoms with Crippen LogP contribution in [0.25, 0.3) is 0 Å². The fourth-order valence-corrected chi connectivity index (χ4v) is 2.37. The Hall–Kier alpha value is -1.52. The zero-order valence-electron chi connectivity index (χ0n) is 10.7. The Morgan fingerprint density at radius 2 is 1.80 bits per heavy atom. The van der Waals surface area contributed by atoms with Gasteiger partial charge in [0.15, 0.2) is 5.54 Å². The molecule has 0 radical (unpaired) electrons. The fourth-order valence-electron chi connectivity index (χ4n) is 1.86. The summed E-state index contributed by atoms with van der Waals surface area (Å²) in [5, 5.41) is 13.2. The van der Waals surface area contributed by atoms with Crippen molar-refractivity contribution < 1.29 is 9.90 Å². The third kappa shape index (κ3) is 2.97. The van der Waals surface area contributed by atoms with E-state index in [1.807, 2.05) is 24.3 Å². The Morgan fingerprint density at radius 3 is 2.35 bits per heavy atom. The molecule has 0 aliphatic rings. The second-order valence-corrected chi connectivity index (χ2v) is 5.83. The number of halogens is 2. The van der Waals surface area contributed by atoms with Gasteiger partial charge in [-0.3, -0.25) is 0 Å². The van der Waals surface area contributed by atoms with Crippen molar-refractivity contribution in [3.05, 3.63) is 63.6 Å².